The van der Waals surface area contributed by atoms with E-state index in [0.717, 1.165) is 19.5 Å². The SMILES string of the molecule is C[C@@H]1CNCCc2cc(Cl)c(Cl)cc21. The molecule has 0 unspecified atom stereocenters. The molecule has 76 valence electrons. The van der Waals surface area contributed by atoms with Gasteiger partial charge in [-0.15, -0.1) is 0 Å². The van der Waals surface area contributed by atoms with E-state index in [4.69, 9.17) is 23.2 Å². The van der Waals surface area contributed by atoms with Crippen LogP contribution in [0, 0.1) is 0 Å². The summed E-state index contributed by atoms with van der Waals surface area (Å²) in [6.07, 6.45) is 1.04. The summed E-state index contributed by atoms with van der Waals surface area (Å²) in [6, 6.07) is 4.01. The van der Waals surface area contributed by atoms with Crippen molar-refractivity contribution in [3.63, 3.8) is 0 Å². The van der Waals surface area contributed by atoms with E-state index in [-0.39, 0.29) is 0 Å². The Morgan fingerprint density at radius 2 is 2.00 bits per heavy atom. The summed E-state index contributed by atoms with van der Waals surface area (Å²) in [5, 5.41) is 4.73. The van der Waals surface area contributed by atoms with Crippen molar-refractivity contribution >= 4 is 23.2 Å². The molecule has 1 heterocycles. The third kappa shape index (κ3) is 1.90. The molecule has 0 spiro atoms. The van der Waals surface area contributed by atoms with E-state index in [1.54, 1.807) is 0 Å². The summed E-state index contributed by atoms with van der Waals surface area (Å²) in [5.41, 5.74) is 2.67. The fraction of sp³-hybridized carbons (Fsp3) is 0.455. The summed E-state index contributed by atoms with van der Waals surface area (Å²) < 4.78 is 0. The molecule has 2 rings (SSSR count). The van der Waals surface area contributed by atoms with Gasteiger partial charge in [-0.3, -0.25) is 0 Å². The highest BCUT2D eigenvalue weighted by molar-refractivity contribution is 6.42. The molecule has 0 radical (unpaired) electrons. The monoisotopic (exact) mass is 229 g/mol. The number of fused-ring (bicyclic) bond motifs is 1. The number of rotatable bonds is 0. The molecule has 1 nitrogen and oxygen atoms in total. The van der Waals surface area contributed by atoms with Crippen molar-refractivity contribution < 1.29 is 0 Å². The third-order valence-corrected chi connectivity index (χ3v) is 3.46. The van der Waals surface area contributed by atoms with Crippen molar-refractivity contribution in [2.45, 2.75) is 19.3 Å². The van der Waals surface area contributed by atoms with Gasteiger partial charge in [-0.1, -0.05) is 30.1 Å². The van der Waals surface area contributed by atoms with Crippen LogP contribution in [0.1, 0.15) is 24.0 Å². The van der Waals surface area contributed by atoms with Crippen molar-refractivity contribution in [3.05, 3.63) is 33.3 Å². The zero-order valence-corrected chi connectivity index (χ0v) is 9.62. The molecule has 3 heteroatoms. The van der Waals surface area contributed by atoms with Gasteiger partial charge in [0.2, 0.25) is 0 Å². The van der Waals surface area contributed by atoms with E-state index in [9.17, 15) is 0 Å². The van der Waals surface area contributed by atoms with Gasteiger partial charge in [-0.25, -0.2) is 0 Å². The summed E-state index contributed by atoms with van der Waals surface area (Å²) in [6.45, 7) is 4.25. The fourth-order valence-electron chi connectivity index (χ4n) is 1.93. The largest absolute Gasteiger partial charge is 0.316 e. The van der Waals surface area contributed by atoms with Crippen molar-refractivity contribution in [1.29, 1.82) is 0 Å². The minimum Gasteiger partial charge on any atom is -0.316 e. The Kier molecular flexibility index (Phi) is 3.01. The Morgan fingerprint density at radius 3 is 2.79 bits per heavy atom. The van der Waals surface area contributed by atoms with E-state index in [2.05, 4.69) is 12.2 Å². The van der Waals surface area contributed by atoms with Gasteiger partial charge in [-0.2, -0.15) is 0 Å². The lowest BCUT2D eigenvalue weighted by Crippen LogP contribution is -2.18. The smallest absolute Gasteiger partial charge is 0.0595 e. The molecule has 0 saturated heterocycles. The van der Waals surface area contributed by atoms with Gasteiger partial charge < -0.3 is 5.32 Å². The molecular formula is C11H13Cl2N. The second kappa shape index (κ2) is 4.09. The Balaban J connectivity index is 2.49. The van der Waals surface area contributed by atoms with E-state index in [1.165, 1.54) is 11.1 Å². The lowest BCUT2D eigenvalue weighted by molar-refractivity contribution is 0.644. The van der Waals surface area contributed by atoms with Crippen molar-refractivity contribution in [3.8, 4) is 0 Å². The second-order valence-corrected chi connectivity index (χ2v) is 4.63. The Bertz CT molecular complexity index is 349. The van der Waals surface area contributed by atoms with Crippen LogP contribution in [0.2, 0.25) is 10.0 Å². The molecule has 1 aliphatic rings. The highest BCUT2D eigenvalue weighted by atomic mass is 35.5. The van der Waals surface area contributed by atoms with Crippen LogP contribution in [0.5, 0.6) is 0 Å². The average Bonchev–Trinajstić information content (AvgIpc) is 2.31. The van der Waals surface area contributed by atoms with Crippen molar-refractivity contribution in [2.75, 3.05) is 13.1 Å². The first-order chi connectivity index (χ1) is 6.68. The molecular weight excluding hydrogens is 217 g/mol. The van der Waals surface area contributed by atoms with Gasteiger partial charge in [0.15, 0.2) is 0 Å². The molecule has 0 saturated carbocycles. The predicted octanol–water partition coefficient (Wildman–Crippen LogP) is 3.24. The maximum absolute atomic E-state index is 6.01. The first-order valence-corrected chi connectivity index (χ1v) is 5.62. The van der Waals surface area contributed by atoms with Crippen molar-refractivity contribution in [2.24, 2.45) is 0 Å². The third-order valence-electron chi connectivity index (χ3n) is 2.73. The summed E-state index contributed by atoms with van der Waals surface area (Å²) in [4.78, 5) is 0. The molecule has 0 aliphatic carbocycles. The lowest BCUT2D eigenvalue weighted by atomic mass is 9.95. The molecule has 14 heavy (non-hydrogen) atoms. The number of nitrogens with one attached hydrogen (secondary N) is 1. The first-order valence-electron chi connectivity index (χ1n) is 4.87. The van der Waals surface area contributed by atoms with Gasteiger partial charge >= 0.3 is 0 Å². The second-order valence-electron chi connectivity index (χ2n) is 3.82. The molecule has 0 bridgehead atoms. The molecule has 1 aliphatic heterocycles. The molecule has 0 aromatic heterocycles. The van der Waals surface area contributed by atoms with E-state index in [0.29, 0.717) is 16.0 Å². The molecule has 1 atom stereocenters. The van der Waals surface area contributed by atoms with Gasteiger partial charge in [0.1, 0.15) is 0 Å². The molecule has 1 aromatic carbocycles. The highest BCUT2D eigenvalue weighted by Crippen LogP contribution is 2.31. The minimum absolute atomic E-state index is 0.516. The molecule has 0 fully saturated rings. The maximum atomic E-state index is 6.01. The fourth-order valence-corrected chi connectivity index (χ4v) is 2.29. The van der Waals surface area contributed by atoms with E-state index >= 15 is 0 Å². The van der Waals surface area contributed by atoms with Crippen LogP contribution in [0.4, 0.5) is 0 Å². The Labute approximate surface area is 94.4 Å². The molecule has 1 N–H and O–H groups in total. The van der Waals surface area contributed by atoms with Gasteiger partial charge in [0.25, 0.3) is 0 Å². The molecule has 0 amide bonds. The Hall–Kier alpha value is -0.240. The van der Waals surface area contributed by atoms with Crippen LogP contribution >= 0.6 is 23.2 Å². The average molecular weight is 230 g/mol. The van der Waals surface area contributed by atoms with Crippen LogP contribution in [-0.4, -0.2) is 13.1 Å². The normalized spacial score (nSPS) is 21.5. The van der Waals surface area contributed by atoms with Gasteiger partial charge in [0, 0.05) is 6.54 Å². The van der Waals surface area contributed by atoms with Crippen LogP contribution in [0.15, 0.2) is 12.1 Å². The summed E-state index contributed by atoms with van der Waals surface area (Å²) in [5.74, 6) is 0.516. The topological polar surface area (TPSA) is 12.0 Å². The van der Waals surface area contributed by atoms with Gasteiger partial charge in [0.05, 0.1) is 10.0 Å². The quantitative estimate of drug-likeness (QED) is 0.721. The number of halogens is 2. The number of hydrogen-bond donors (Lipinski definition) is 1. The van der Waals surface area contributed by atoms with Crippen LogP contribution in [-0.2, 0) is 6.42 Å². The Morgan fingerprint density at radius 1 is 1.29 bits per heavy atom. The van der Waals surface area contributed by atoms with E-state index < -0.39 is 0 Å². The zero-order chi connectivity index (χ0) is 10.1. The van der Waals surface area contributed by atoms with Crippen LogP contribution < -0.4 is 5.32 Å². The van der Waals surface area contributed by atoms with Crippen molar-refractivity contribution in [1.82, 2.24) is 5.32 Å². The van der Waals surface area contributed by atoms with Crippen LogP contribution in [0.3, 0.4) is 0 Å². The minimum atomic E-state index is 0.516. The van der Waals surface area contributed by atoms with Crippen LogP contribution in [0.25, 0.3) is 0 Å². The summed E-state index contributed by atoms with van der Waals surface area (Å²) in [7, 11) is 0. The number of benzene rings is 1. The summed E-state index contributed by atoms with van der Waals surface area (Å²) >= 11 is 12.0. The van der Waals surface area contributed by atoms with E-state index in [1.807, 2.05) is 12.1 Å². The predicted molar refractivity (Wildman–Crippen MR) is 61.5 cm³/mol. The standard InChI is InChI=1S/C11H13Cl2N/c1-7-6-14-3-2-8-4-10(12)11(13)5-9(7)8/h4-5,7,14H,2-3,6H2,1H3/t7-/m1/s1. The highest BCUT2D eigenvalue weighted by Gasteiger charge is 2.16. The first kappa shape index (κ1) is 10.3. The maximum Gasteiger partial charge on any atom is 0.0595 e. The molecule has 1 aromatic rings. The number of hydrogen-bond acceptors (Lipinski definition) is 1. The zero-order valence-electron chi connectivity index (χ0n) is 8.11. The lowest BCUT2D eigenvalue weighted by Gasteiger charge is -2.13. The van der Waals surface area contributed by atoms with Gasteiger partial charge in [-0.05, 0) is 42.1 Å².